The van der Waals surface area contributed by atoms with Crippen molar-refractivity contribution in [2.24, 2.45) is 11.7 Å². The van der Waals surface area contributed by atoms with Crippen LogP contribution in [-0.4, -0.2) is 41.5 Å². The van der Waals surface area contributed by atoms with E-state index in [2.05, 4.69) is 5.32 Å². The van der Waals surface area contributed by atoms with Gasteiger partial charge < -0.3 is 16.2 Å². The van der Waals surface area contributed by atoms with Gasteiger partial charge in [0.25, 0.3) is 0 Å². The van der Waals surface area contributed by atoms with Gasteiger partial charge in [-0.3, -0.25) is 14.5 Å². The molecule has 0 spiro atoms. The lowest BCUT2D eigenvalue weighted by Gasteiger charge is -2.29. The zero-order chi connectivity index (χ0) is 18.3. The van der Waals surface area contributed by atoms with Crippen molar-refractivity contribution >= 4 is 23.5 Å². The van der Waals surface area contributed by atoms with Crippen LogP contribution >= 0.6 is 0 Å². The van der Waals surface area contributed by atoms with Crippen molar-refractivity contribution in [1.29, 1.82) is 0 Å². The van der Waals surface area contributed by atoms with Gasteiger partial charge in [0.15, 0.2) is 0 Å². The summed E-state index contributed by atoms with van der Waals surface area (Å²) in [5.41, 5.74) is 5.98. The molecule has 1 aromatic rings. The first-order chi connectivity index (χ1) is 11.3. The van der Waals surface area contributed by atoms with E-state index in [1.54, 1.807) is 37.3 Å². The molecule has 0 heterocycles. The summed E-state index contributed by atoms with van der Waals surface area (Å²) in [6.45, 7) is 5.05. The molecule has 7 nitrogen and oxygen atoms in total. The lowest BCUT2D eigenvalue weighted by Crippen LogP contribution is -2.53. The minimum Gasteiger partial charge on any atom is -0.480 e. The SMILES string of the molecule is CC(C)CC(NC(=O)C(C)N(C(=O)CN)c1ccccc1)C(=O)O. The minimum absolute atomic E-state index is 0.109. The first-order valence-electron chi connectivity index (χ1n) is 7.88. The topological polar surface area (TPSA) is 113 Å². The quantitative estimate of drug-likeness (QED) is 0.655. The Labute approximate surface area is 141 Å². The molecule has 4 N–H and O–H groups in total. The van der Waals surface area contributed by atoms with Crippen LogP contribution in [0.1, 0.15) is 27.2 Å². The monoisotopic (exact) mass is 335 g/mol. The molecule has 0 saturated heterocycles. The van der Waals surface area contributed by atoms with Crippen molar-refractivity contribution in [3.63, 3.8) is 0 Å². The van der Waals surface area contributed by atoms with Crippen LogP contribution in [0, 0.1) is 5.92 Å². The van der Waals surface area contributed by atoms with Gasteiger partial charge in [0.1, 0.15) is 12.1 Å². The predicted molar refractivity (Wildman–Crippen MR) is 91.5 cm³/mol. The van der Waals surface area contributed by atoms with Crippen LogP contribution in [0.2, 0.25) is 0 Å². The van der Waals surface area contributed by atoms with Gasteiger partial charge in [-0.05, 0) is 31.4 Å². The third-order valence-electron chi connectivity index (χ3n) is 3.57. The summed E-state index contributed by atoms with van der Waals surface area (Å²) in [7, 11) is 0. The fourth-order valence-electron chi connectivity index (χ4n) is 2.37. The van der Waals surface area contributed by atoms with Crippen LogP contribution < -0.4 is 16.0 Å². The molecule has 2 amide bonds. The Kier molecular flexibility index (Phi) is 7.38. The van der Waals surface area contributed by atoms with Gasteiger partial charge in [0, 0.05) is 5.69 Å². The highest BCUT2D eigenvalue weighted by molar-refractivity contribution is 6.02. The van der Waals surface area contributed by atoms with E-state index in [1.807, 2.05) is 13.8 Å². The van der Waals surface area contributed by atoms with E-state index in [1.165, 1.54) is 4.90 Å². The maximum atomic E-state index is 12.5. The molecular formula is C17H25N3O4. The highest BCUT2D eigenvalue weighted by Crippen LogP contribution is 2.17. The average molecular weight is 335 g/mol. The number of aliphatic carboxylic acids is 1. The van der Waals surface area contributed by atoms with E-state index in [0.29, 0.717) is 12.1 Å². The van der Waals surface area contributed by atoms with E-state index in [0.717, 1.165) is 0 Å². The Morgan fingerprint density at radius 2 is 1.75 bits per heavy atom. The zero-order valence-electron chi connectivity index (χ0n) is 14.2. The Balaban J connectivity index is 2.97. The number of rotatable bonds is 8. The standard InChI is InChI=1S/C17H25N3O4/c1-11(2)9-14(17(23)24)19-16(22)12(3)20(15(21)10-18)13-7-5-4-6-8-13/h4-8,11-12,14H,9-10,18H2,1-3H3,(H,19,22)(H,23,24). The highest BCUT2D eigenvalue weighted by Gasteiger charge is 2.30. The van der Waals surface area contributed by atoms with Crippen LogP contribution in [0.15, 0.2) is 30.3 Å². The van der Waals surface area contributed by atoms with Gasteiger partial charge >= 0.3 is 5.97 Å². The number of carboxylic acids is 1. The van der Waals surface area contributed by atoms with Gasteiger partial charge in [-0.1, -0.05) is 32.0 Å². The normalized spacial score (nSPS) is 13.2. The molecule has 1 rings (SSSR count). The van der Waals surface area contributed by atoms with Crippen molar-refractivity contribution < 1.29 is 19.5 Å². The van der Waals surface area contributed by atoms with Gasteiger partial charge in [-0.25, -0.2) is 4.79 Å². The number of nitrogens with zero attached hydrogens (tertiary/aromatic N) is 1. The molecule has 1 aromatic carbocycles. The molecule has 0 aliphatic heterocycles. The summed E-state index contributed by atoms with van der Waals surface area (Å²) in [5.74, 6) is -1.94. The molecule has 0 radical (unpaired) electrons. The summed E-state index contributed by atoms with van der Waals surface area (Å²) >= 11 is 0. The van der Waals surface area contributed by atoms with Crippen molar-refractivity contribution in [3.05, 3.63) is 30.3 Å². The Morgan fingerprint density at radius 1 is 1.17 bits per heavy atom. The van der Waals surface area contributed by atoms with Crippen molar-refractivity contribution in [1.82, 2.24) is 5.32 Å². The Hall–Kier alpha value is -2.41. The molecule has 24 heavy (non-hydrogen) atoms. The van der Waals surface area contributed by atoms with E-state index in [4.69, 9.17) is 5.73 Å². The molecule has 0 bridgehead atoms. The maximum absolute atomic E-state index is 12.5. The second-order valence-corrected chi connectivity index (χ2v) is 6.01. The van der Waals surface area contributed by atoms with Crippen LogP contribution in [0.5, 0.6) is 0 Å². The predicted octanol–water partition coefficient (Wildman–Crippen LogP) is 0.982. The third-order valence-corrected chi connectivity index (χ3v) is 3.57. The molecule has 2 unspecified atom stereocenters. The number of nitrogens with one attached hydrogen (secondary N) is 1. The molecule has 7 heteroatoms. The van der Waals surface area contributed by atoms with E-state index < -0.39 is 29.9 Å². The van der Waals surface area contributed by atoms with Gasteiger partial charge in [0.2, 0.25) is 11.8 Å². The summed E-state index contributed by atoms with van der Waals surface area (Å²) in [6.07, 6.45) is 0.309. The lowest BCUT2D eigenvalue weighted by atomic mass is 10.0. The van der Waals surface area contributed by atoms with Crippen molar-refractivity contribution in [2.75, 3.05) is 11.4 Å². The average Bonchev–Trinajstić information content (AvgIpc) is 2.54. The number of anilines is 1. The van der Waals surface area contributed by atoms with Crippen LogP contribution in [0.3, 0.4) is 0 Å². The van der Waals surface area contributed by atoms with Crippen molar-refractivity contribution in [2.45, 2.75) is 39.3 Å². The molecule has 0 aliphatic carbocycles. The second kappa shape index (κ2) is 9.02. The number of amides is 2. The van der Waals surface area contributed by atoms with Crippen LogP contribution in [0.25, 0.3) is 0 Å². The number of benzene rings is 1. The molecule has 0 fully saturated rings. The van der Waals surface area contributed by atoms with Gasteiger partial charge in [-0.15, -0.1) is 0 Å². The lowest BCUT2D eigenvalue weighted by molar-refractivity contribution is -0.142. The smallest absolute Gasteiger partial charge is 0.326 e. The Bertz CT molecular complexity index is 574. The van der Waals surface area contributed by atoms with Gasteiger partial charge in [0.05, 0.1) is 6.54 Å². The molecule has 0 aromatic heterocycles. The number of hydrogen-bond donors (Lipinski definition) is 3. The van der Waals surface area contributed by atoms with Crippen LogP contribution in [-0.2, 0) is 14.4 Å². The first kappa shape index (κ1) is 19.6. The highest BCUT2D eigenvalue weighted by atomic mass is 16.4. The number of carbonyl (C=O) groups is 3. The maximum Gasteiger partial charge on any atom is 0.326 e. The molecule has 0 saturated carbocycles. The van der Waals surface area contributed by atoms with Crippen molar-refractivity contribution in [3.8, 4) is 0 Å². The number of carbonyl (C=O) groups excluding carboxylic acids is 2. The number of nitrogens with two attached hydrogens (primary N) is 1. The summed E-state index contributed by atoms with van der Waals surface area (Å²) in [4.78, 5) is 37.2. The Morgan fingerprint density at radius 3 is 2.21 bits per heavy atom. The number of carboxylic acid groups (broad SMARTS) is 1. The van der Waals surface area contributed by atoms with Gasteiger partial charge in [-0.2, -0.15) is 0 Å². The molecular weight excluding hydrogens is 310 g/mol. The second-order valence-electron chi connectivity index (χ2n) is 6.01. The van der Waals surface area contributed by atoms with Crippen LogP contribution in [0.4, 0.5) is 5.69 Å². The first-order valence-corrected chi connectivity index (χ1v) is 7.88. The number of para-hydroxylation sites is 1. The molecule has 0 aliphatic rings. The zero-order valence-corrected chi connectivity index (χ0v) is 14.2. The van der Waals surface area contributed by atoms with E-state index >= 15 is 0 Å². The summed E-state index contributed by atoms with van der Waals surface area (Å²) in [5, 5.41) is 11.8. The molecule has 2 atom stereocenters. The molecule has 132 valence electrons. The number of hydrogen-bond acceptors (Lipinski definition) is 4. The largest absolute Gasteiger partial charge is 0.480 e. The fourth-order valence-corrected chi connectivity index (χ4v) is 2.37. The van der Waals surface area contributed by atoms with E-state index in [9.17, 15) is 19.5 Å². The third kappa shape index (κ3) is 5.34. The fraction of sp³-hybridized carbons (Fsp3) is 0.471. The van der Waals surface area contributed by atoms with E-state index in [-0.39, 0.29) is 12.5 Å². The minimum atomic E-state index is -1.10. The summed E-state index contributed by atoms with van der Waals surface area (Å²) in [6, 6.07) is 6.80. The summed E-state index contributed by atoms with van der Waals surface area (Å²) < 4.78 is 0.